The number of anilines is 1. The van der Waals surface area contributed by atoms with Gasteiger partial charge in [0.05, 0.1) is 18.8 Å². The third-order valence-corrected chi connectivity index (χ3v) is 6.93. The van der Waals surface area contributed by atoms with Gasteiger partial charge < -0.3 is 24.3 Å². The molecule has 1 atom stereocenters. The van der Waals surface area contributed by atoms with Crippen LogP contribution in [-0.4, -0.2) is 53.3 Å². The molecule has 2 aromatic heterocycles. The molecular weight excluding hydrogens is 588 g/mol. The Bertz CT molecular complexity index is 1710. The fourth-order valence-electron chi connectivity index (χ4n) is 4.91. The number of hydrogen-bond acceptors (Lipinski definition) is 7. The third kappa shape index (κ3) is 6.39. The number of carbonyl (C=O) groups excluding carboxylic acids is 1. The molecule has 1 fully saturated rings. The fraction of sp³-hybridized carbons (Fsp3) is 0.300. The van der Waals surface area contributed by atoms with Gasteiger partial charge in [-0.05, 0) is 44.0 Å². The zero-order chi connectivity index (χ0) is 31.5. The molecule has 0 radical (unpaired) electrons. The Morgan fingerprint density at radius 2 is 1.80 bits per heavy atom. The fourth-order valence-corrected chi connectivity index (χ4v) is 4.91. The molecule has 0 aliphatic carbocycles. The van der Waals surface area contributed by atoms with Crippen LogP contribution in [0, 0.1) is 18.6 Å². The van der Waals surface area contributed by atoms with Crippen LogP contribution in [0.1, 0.15) is 28.9 Å². The average Bonchev–Trinajstić information content (AvgIpc) is 3.58. The van der Waals surface area contributed by atoms with Crippen molar-refractivity contribution in [1.82, 2.24) is 14.3 Å². The van der Waals surface area contributed by atoms with Crippen molar-refractivity contribution < 1.29 is 41.3 Å². The Hall–Kier alpha value is -4.85. The Morgan fingerprint density at radius 1 is 1.09 bits per heavy atom. The molecule has 0 bridgehead atoms. The van der Waals surface area contributed by atoms with Crippen molar-refractivity contribution >= 4 is 11.6 Å². The van der Waals surface area contributed by atoms with Crippen molar-refractivity contribution in [3.05, 3.63) is 81.8 Å². The van der Waals surface area contributed by atoms with E-state index in [2.05, 4.69) is 15.0 Å². The largest absolute Gasteiger partial charge is 0.497 e. The normalized spacial score (nSPS) is 14.6. The monoisotopic (exact) mass is 616 g/mol. The molecule has 0 spiro atoms. The van der Waals surface area contributed by atoms with Crippen molar-refractivity contribution in [3.63, 3.8) is 0 Å². The van der Waals surface area contributed by atoms with Gasteiger partial charge in [0.15, 0.2) is 5.82 Å². The van der Waals surface area contributed by atoms with E-state index < -0.39 is 41.0 Å². The van der Waals surface area contributed by atoms with E-state index in [9.17, 15) is 18.4 Å². The predicted octanol–water partition coefficient (Wildman–Crippen LogP) is 5.24. The molecule has 2 aromatic carbocycles. The van der Waals surface area contributed by atoms with Gasteiger partial charge in [-0.3, -0.25) is 14.3 Å². The minimum atomic E-state index is -3.06. The number of rotatable bonds is 10. The van der Waals surface area contributed by atoms with E-state index >= 15 is 8.78 Å². The zero-order valence-electron chi connectivity index (χ0n) is 23.9. The summed E-state index contributed by atoms with van der Waals surface area (Å²) in [4.78, 5) is 31.6. The van der Waals surface area contributed by atoms with Crippen molar-refractivity contribution in [2.75, 3.05) is 25.6 Å². The molecule has 44 heavy (non-hydrogen) atoms. The number of pyridine rings is 1. The number of benzene rings is 2. The molecule has 14 heteroatoms. The SMILES string of the molecule is COc1cc(F)c(-c2c(NC(=O)c3ccc(OC(F)F)cc3)c(=O)n(-c3cc(OCC4CCCO4)cc(C)n3)n2C)c(F)c1. The van der Waals surface area contributed by atoms with E-state index in [0.29, 0.717) is 18.1 Å². The molecule has 1 unspecified atom stereocenters. The molecule has 1 aliphatic rings. The summed E-state index contributed by atoms with van der Waals surface area (Å²) >= 11 is 0. The van der Waals surface area contributed by atoms with Crippen LogP contribution in [-0.2, 0) is 11.8 Å². The first-order valence-corrected chi connectivity index (χ1v) is 13.5. The van der Waals surface area contributed by atoms with Crippen LogP contribution in [0.15, 0.2) is 53.3 Å². The number of methoxy groups -OCH3 is 1. The van der Waals surface area contributed by atoms with Crippen molar-refractivity contribution in [3.8, 4) is 34.3 Å². The highest BCUT2D eigenvalue weighted by Crippen LogP contribution is 2.34. The van der Waals surface area contributed by atoms with E-state index in [0.717, 1.165) is 46.5 Å². The van der Waals surface area contributed by atoms with Crippen molar-refractivity contribution in [2.24, 2.45) is 7.05 Å². The number of alkyl halides is 2. The minimum absolute atomic E-state index is 0.0402. The lowest BCUT2D eigenvalue weighted by molar-refractivity contribution is -0.0498. The second-order valence-electron chi connectivity index (χ2n) is 9.94. The lowest BCUT2D eigenvalue weighted by Crippen LogP contribution is -2.24. The lowest BCUT2D eigenvalue weighted by atomic mass is 10.1. The standard InChI is InChI=1S/C30H28F4N4O6/c1-16-11-21(43-15-19-5-4-10-42-19)14-24(35-16)38-29(40)26(36-28(39)17-6-8-18(9-7-17)44-30(33)34)27(37(38)2)25-22(31)12-20(41-3)13-23(25)32/h6-9,11-14,19,30H,4-5,10,15H2,1-3H3,(H,36,39). The second kappa shape index (κ2) is 12.8. The molecule has 232 valence electrons. The van der Waals surface area contributed by atoms with E-state index in [1.54, 1.807) is 13.0 Å². The van der Waals surface area contributed by atoms with Gasteiger partial charge in [0.1, 0.15) is 46.9 Å². The summed E-state index contributed by atoms with van der Waals surface area (Å²) in [5.74, 6) is -2.81. The molecule has 0 saturated carbocycles. The zero-order valence-corrected chi connectivity index (χ0v) is 23.9. The number of ether oxygens (including phenoxy) is 4. The lowest BCUT2D eigenvalue weighted by Gasteiger charge is -2.15. The quantitative estimate of drug-likeness (QED) is 0.243. The van der Waals surface area contributed by atoms with Crippen LogP contribution in [0.3, 0.4) is 0 Å². The summed E-state index contributed by atoms with van der Waals surface area (Å²) in [6, 6.07) is 9.71. The van der Waals surface area contributed by atoms with Gasteiger partial charge in [0.2, 0.25) is 0 Å². The van der Waals surface area contributed by atoms with Crippen LogP contribution in [0.2, 0.25) is 0 Å². The summed E-state index contributed by atoms with van der Waals surface area (Å²) < 4.78 is 78.8. The van der Waals surface area contributed by atoms with Gasteiger partial charge in [-0.2, -0.15) is 13.5 Å². The minimum Gasteiger partial charge on any atom is -0.497 e. The maximum absolute atomic E-state index is 15.4. The molecule has 3 heterocycles. The highest BCUT2D eigenvalue weighted by molar-refractivity contribution is 6.06. The first-order valence-electron chi connectivity index (χ1n) is 13.5. The highest BCUT2D eigenvalue weighted by Gasteiger charge is 2.28. The number of nitrogens with one attached hydrogen (secondary N) is 1. The van der Waals surface area contributed by atoms with Crippen molar-refractivity contribution in [1.29, 1.82) is 0 Å². The van der Waals surface area contributed by atoms with Gasteiger partial charge >= 0.3 is 6.61 Å². The maximum atomic E-state index is 15.4. The van der Waals surface area contributed by atoms with Gasteiger partial charge in [0, 0.05) is 49.2 Å². The number of nitrogens with zero attached hydrogens (tertiary/aromatic N) is 3. The molecular formula is C30H28F4N4O6. The number of aromatic nitrogens is 3. The summed E-state index contributed by atoms with van der Waals surface area (Å²) in [5, 5.41) is 2.44. The summed E-state index contributed by atoms with van der Waals surface area (Å²) in [5.41, 5.74) is -1.78. The first-order chi connectivity index (χ1) is 21.0. The Balaban J connectivity index is 1.60. The van der Waals surface area contributed by atoms with E-state index in [-0.39, 0.29) is 41.3 Å². The number of hydrogen-bond donors (Lipinski definition) is 1. The number of carbonyl (C=O) groups is 1. The van der Waals surface area contributed by atoms with Crippen LogP contribution in [0.5, 0.6) is 17.2 Å². The highest BCUT2D eigenvalue weighted by atomic mass is 19.3. The maximum Gasteiger partial charge on any atom is 0.387 e. The summed E-state index contributed by atoms with van der Waals surface area (Å²) in [7, 11) is 2.62. The summed E-state index contributed by atoms with van der Waals surface area (Å²) in [6.45, 7) is -0.450. The summed E-state index contributed by atoms with van der Waals surface area (Å²) in [6.07, 6.45) is 1.70. The molecule has 1 N–H and O–H groups in total. The number of aryl methyl sites for hydroxylation is 1. The van der Waals surface area contributed by atoms with Crippen LogP contribution in [0.25, 0.3) is 17.1 Å². The molecule has 1 aliphatic heterocycles. The average molecular weight is 617 g/mol. The first kappa shape index (κ1) is 30.6. The number of halogens is 4. The predicted molar refractivity (Wildman–Crippen MR) is 151 cm³/mol. The van der Waals surface area contributed by atoms with Gasteiger partial charge in [0.25, 0.3) is 11.5 Å². The Morgan fingerprint density at radius 3 is 2.41 bits per heavy atom. The van der Waals surface area contributed by atoms with E-state index in [4.69, 9.17) is 14.2 Å². The van der Waals surface area contributed by atoms with Crippen LogP contribution in [0.4, 0.5) is 23.2 Å². The molecule has 4 aromatic rings. The topological polar surface area (TPSA) is 106 Å². The van der Waals surface area contributed by atoms with Crippen LogP contribution >= 0.6 is 0 Å². The van der Waals surface area contributed by atoms with Gasteiger partial charge in [-0.1, -0.05) is 0 Å². The second-order valence-corrected chi connectivity index (χ2v) is 9.94. The number of amides is 1. The van der Waals surface area contributed by atoms with Gasteiger partial charge in [-0.25, -0.2) is 13.8 Å². The molecule has 10 nitrogen and oxygen atoms in total. The van der Waals surface area contributed by atoms with Crippen molar-refractivity contribution in [2.45, 2.75) is 32.5 Å². The smallest absolute Gasteiger partial charge is 0.387 e. The van der Waals surface area contributed by atoms with Crippen LogP contribution < -0.4 is 25.1 Å². The van der Waals surface area contributed by atoms with E-state index in [1.807, 2.05) is 0 Å². The Labute approximate surface area is 248 Å². The van der Waals surface area contributed by atoms with E-state index in [1.165, 1.54) is 32.4 Å². The Kier molecular flexibility index (Phi) is 8.90. The molecule has 1 amide bonds. The molecule has 1 saturated heterocycles. The third-order valence-electron chi connectivity index (χ3n) is 6.93. The van der Waals surface area contributed by atoms with Gasteiger partial charge in [-0.15, -0.1) is 0 Å². The molecule has 5 rings (SSSR count).